The Labute approximate surface area is 108 Å². The molecule has 0 amide bonds. The molecule has 1 rings (SSSR count). The maximum Gasteiger partial charge on any atom is 0.310 e. The second-order valence-electron chi connectivity index (χ2n) is 4.63. The van der Waals surface area contributed by atoms with Crippen molar-refractivity contribution in [1.29, 1.82) is 0 Å². The first-order valence-corrected chi connectivity index (χ1v) is 5.87. The Morgan fingerprint density at radius 2 is 2.06 bits per heavy atom. The molecule has 0 heterocycles. The molecule has 0 radical (unpaired) electrons. The molecule has 0 saturated heterocycles. The molecule has 0 atom stereocenters. The number of phenols is 1. The lowest BCUT2D eigenvalue weighted by Gasteiger charge is -2.19. The van der Waals surface area contributed by atoms with Crippen LogP contribution in [0.4, 0.5) is 4.39 Å². The Hall–Kier alpha value is -1.10. The van der Waals surface area contributed by atoms with E-state index in [1.807, 2.05) is 0 Å². The number of ether oxygens (including phenoxy) is 1. The van der Waals surface area contributed by atoms with E-state index in [1.54, 1.807) is 20.8 Å². The van der Waals surface area contributed by atoms with Gasteiger partial charge >= 0.3 is 5.97 Å². The molecule has 17 heavy (non-hydrogen) atoms. The van der Waals surface area contributed by atoms with Crippen LogP contribution in [0.3, 0.4) is 0 Å². The number of hydrogen-bond donors (Lipinski definition) is 1. The van der Waals surface area contributed by atoms with Gasteiger partial charge in [-0.3, -0.25) is 4.79 Å². The van der Waals surface area contributed by atoms with Crippen LogP contribution >= 0.6 is 15.9 Å². The zero-order chi connectivity index (χ0) is 13.2. The number of benzene rings is 1. The number of aromatic hydroxyl groups is 1. The summed E-state index contributed by atoms with van der Waals surface area (Å²) in [4.78, 5) is 11.5. The molecule has 94 valence electrons. The monoisotopic (exact) mass is 304 g/mol. The fraction of sp³-hybridized carbons (Fsp3) is 0.417. The van der Waals surface area contributed by atoms with Gasteiger partial charge in [-0.15, -0.1) is 0 Å². The average Bonchev–Trinajstić information content (AvgIpc) is 2.16. The summed E-state index contributed by atoms with van der Waals surface area (Å²) in [6, 6.07) is 2.92. The van der Waals surface area contributed by atoms with E-state index in [-0.39, 0.29) is 16.5 Å². The molecule has 0 aliphatic heterocycles. The number of carbonyl (C=O) groups excluding carboxylic acids is 1. The van der Waals surface area contributed by atoms with Gasteiger partial charge in [0.2, 0.25) is 0 Å². The molecule has 5 heteroatoms. The Balaban J connectivity index is 2.83. The molecule has 1 aromatic carbocycles. The third-order valence-electron chi connectivity index (χ3n) is 1.90. The Bertz CT molecular complexity index is 438. The van der Waals surface area contributed by atoms with Crippen LogP contribution in [0.1, 0.15) is 26.3 Å². The Morgan fingerprint density at radius 1 is 1.47 bits per heavy atom. The van der Waals surface area contributed by atoms with Crippen LogP contribution in [0.15, 0.2) is 16.6 Å². The molecule has 0 aromatic heterocycles. The van der Waals surface area contributed by atoms with Crippen LogP contribution in [0.2, 0.25) is 0 Å². The van der Waals surface area contributed by atoms with Gasteiger partial charge in [0.15, 0.2) is 11.6 Å². The number of esters is 1. The minimum Gasteiger partial charge on any atom is -0.504 e. The van der Waals surface area contributed by atoms with Gasteiger partial charge in [-0.25, -0.2) is 4.39 Å². The minimum absolute atomic E-state index is 0.111. The number of halogens is 2. The summed E-state index contributed by atoms with van der Waals surface area (Å²) in [6.45, 7) is 5.21. The molecule has 3 nitrogen and oxygen atoms in total. The zero-order valence-electron chi connectivity index (χ0n) is 9.88. The van der Waals surface area contributed by atoms with Gasteiger partial charge in [0.25, 0.3) is 0 Å². The minimum atomic E-state index is -0.801. The molecule has 0 aliphatic rings. The fourth-order valence-electron chi connectivity index (χ4n) is 1.25. The van der Waals surface area contributed by atoms with Crippen LogP contribution in [0.5, 0.6) is 5.75 Å². The highest BCUT2D eigenvalue weighted by Crippen LogP contribution is 2.29. The molecule has 0 unspecified atom stereocenters. The summed E-state index contributed by atoms with van der Waals surface area (Å²) in [5.74, 6) is -1.82. The molecule has 0 bridgehead atoms. The van der Waals surface area contributed by atoms with Crippen LogP contribution < -0.4 is 0 Å². The SMILES string of the molecule is CC(C)(C)OC(=O)Cc1ccc(Br)c(O)c1F. The highest BCUT2D eigenvalue weighted by Gasteiger charge is 2.19. The fourth-order valence-corrected chi connectivity index (χ4v) is 1.56. The first kappa shape index (κ1) is 14.0. The largest absolute Gasteiger partial charge is 0.504 e. The standard InChI is InChI=1S/C12H14BrFO3/c1-12(2,3)17-9(15)6-7-4-5-8(13)11(16)10(7)14/h4-5,16H,6H2,1-3H3. The predicted octanol–water partition coefficient (Wildman–Crippen LogP) is 3.18. The lowest BCUT2D eigenvalue weighted by atomic mass is 10.1. The predicted molar refractivity (Wildman–Crippen MR) is 65.3 cm³/mol. The van der Waals surface area contributed by atoms with Crippen molar-refractivity contribution in [1.82, 2.24) is 0 Å². The second kappa shape index (κ2) is 5.04. The Morgan fingerprint density at radius 3 is 2.59 bits per heavy atom. The third-order valence-corrected chi connectivity index (χ3v) is 2.54. The molecular formula is C12H14BrFO3. The van der Waals surface area contributed by atoms with Gasteiger partial charge in [-0.05, 0) is 42.8 Å². The average molecular weight is 305 g/mol. The summed E-state index contributed by atoms with van der Waals surface area (Å²) in [6.07, 6.45) is -0.204. The first-order chi connectivity index (χ1) is 7.70. The van der Waals surface area contributed by atoms with E-state index in [2.05, 4.69) is 15.9 Å². The topological polar surface area (TPSA) is 46.5 Å². The zero-order valence-corrected chi connectivity index (χ0v) is 11.5. The van der Waals surface area contributed by atoms with Crippen molar-refractivity contribution < 1.29 is 19.0 Å². The van der Waals surface area contributed by atoms with E-state index >= 15 is 0 Å². The molecule has 0 spiro atoms. The molecule has 0 aliphatic carbocycles. The van der Waals surface area contributed by atoms with Gasteiger partial charge in [-0.1, -0.05) is 6.07 Å². The number of carbonyl (C=O) groups is 1. The summed E-state index contributed by atoms with van der Waals surface area (Å²) in [5.41, 5.74) is -0.495. The van der Waals surface area contributed by atoms with E-state index in [9.17, 15) is 14.3 Å². The van der Waals surface area contributed by atoms with E-state index < -0.39 is 23.1 Å². The van der Waals surface area contributed by atoms with Gasteiger partial charge in [0.1, 0.15) is 5.60 Å². The summed E-state index contributed by atoms with van der Waals surface area (Å²) in [7, 11) is 0. The van der Waals surface area contributed by atoms with E-state index in [0.717, 1.165) is 0 Å². The van der Waals surface area contributed by atoms with Crippen molar-refractivity contribution in [3.63, 3.8) is 0 Å². The molecule has 1 aromatic rings. The molecule has 1 N–H and O–H groups in total. The maximum absolute atomic E-state index is 13.6. The molecular weight excluding hydrogens is 291 g/mol. The van der Waals surface area contributed by atoms with Crippen molar-refractivity contribution in [3.05, 3.63) is 28.0 Å². The lowest BCUT2D eigenvalue weighted by Crippen LogP contribution is -2.25. The smallest absolute Gasteiger partial charge is 0.310 e. The van der Waals surface area contributed by atoms with Gasteiger partial charge in [0.05, 0.1) is 10.9 Å². The van der Waals surface area contributed by atoms with Crippen molar-refractivity contribution in [2.45, 2.75) is 32.8 Å². The highest BCUT2D eigenvalue weighted by atomic mass is 79.9. The number of rotatable bonds is 2. The number of phenolic OH excluding ortho intramolecular Hbond substituents is 1. The van der Waals surface area contributed by atoms with E-state index in [4.69, 9.17) is 4.74 Å². The Kier molecular flexibility index (Phi) is 4.14. The van der Waals surface area contributed by atoms with Gasteiger partial charge in [-0.2, -0.15) is 0 Å². The van der Waals surface area contributed by atoms with Crippen LogP contribution in [0, 0.1) is 5.82 Å². The quantitative estimate of drug-likeness (QED) is 0.854. The van der Waals surface area contributed by atoms with Gasteiger partial charge in [0, 0.05) is 5.56 Å². The van der Waals surface area contributed by atoms with E-state index in [0.29, 0.717) is 0 Å². The normalized spacial score (nSPS) is 11.4. The number of hydrogen-bond acceptors (Lipinski definition) is 3. The molecule has 0 fully saturated rings. The van der Waals surface area contributed by atoms with Crippen LogP contribution in [0.25, 0.3) is 0 Å². The third kappa shape index (κ3) is 4.00. The van der Waals surface area contributed by atoms with E-state index in [1.165, 1.54) is 12.1 Å². The summed E-state index contributed by atoms with van der Waals surface area (Å²) >= 11 is 2.99. The van der Waals surface area contributed by atoms with Crippen LogP contribution in [-0.2, 0) is 16.0 Å². The summed E-state index contributed by atoms with van der Waals surface area (Å²) in [5, 5.41) is 9.36. The van der Waals surface area contributed by atoms with Crippen molar-refractivity contribution in [3.8, 4) is 5.75 Å². The first-order valence-electron chi connectivity index (χ1n) is 5.08. The van der Waals surface area contributed by atoms with Crippen molar-refractivity contribution in [2.75, 3.05) is 0 Å². The lowest BCUT2D eigenvalue weighted by molar-refractivity contribution is -0.153. The molecule has 0 saturated carbocycles. The van der Waals surface area contributed by atoms with Gasteiger partial charge < -0.3 is 9.84 Å². The summed E-state index contributed by atoms with van der Waals surface area (Å²) < 4.78 is 18.9. The van der Waals surface area contributed by atoms with Crippen molar-refractivity contribution >= 4 is 21.9 Å². The van der Waals surface area contributed by atoms with Crippen molar-refractivity contribution in [2.24, 2.45) is 0 Å². The maximum atomic E-state index is 13.6. The second-order valence-corrected chi connectivity index (χ2v) is 5.49. The highest BCUT2D eigenvalue weighted by molar-refractivity contribution is 9.10. The van der Waals surface area contributed by atoms with Crippen LogP contribution in [-0.4, -0.2) is 16.7 Å².